The Morgan fingerprint density at radius 2 is 2.16 bits per heavy atom. The van der Waals surface area contributed by atoms with Crippen LogP contribution >= 0.6 is 0 Å². The molecule has 2 aromatic rings. The lowest BCUT2D eigenvalue weighted by molar-refractivity contribution is -0.132. The fraction of sp³-hybridized carbons (Fsp3) is 0.667. The number of nitrogens with zero attached hydrogens (tertiary/aromatic N) is 6. The monoisotopic (exact) mass is 344 g/mol. The molecule has 2 aromatic heterocycles. The van der Waals surface area contributed by atoms with E-state index in [0.29, 0.717) is 19.0 Å². The van der Waals surface area contributed by atoms with Crippen molar-refractivity contribution in [1.82, 2.24) is 29.4 Å². The number of aromatic nitrogens is 5. The Morgan fingerprint density at radius 1 is 1.36 bits per heavy atom. The molecule has 7 heteroatoms. The third-order valence-corrected chi connectivity index (χ3v) is 4.94. The van der Waals surface area contributed by atoms with Crippen LogP contribution in [0.15, 0.2) is 12.4 Å². The molecule has 0 saturated carbocycles. The van der Waals surface area contributed by atoms with Gasteiger partial charge in [-0.3, -0.25) is 9.48 Å². The van der Waals surface area contributed by atoms with Crippen molar-refractivity contribution < 1.29 is 4.79 Å². The van der Waals surface area contributed by atoms with Crippen molar-refractivity contribution in [2.75, 3.05) is 13.1 Å². The van der Waals surface area contributed by atoms with Crippen LogP contribution in [0.2, 0.25) is 0 Å². The van der Waals surface area contributed by atoms with E-state index in [2.05, 4.69) is 33.7 Å². The first-order chi connectivity index (χ1) is 12.0. The van der Waals surface area contributed by atoms with Gasteiger partial charge in [0.1, 0.15) is 12.2 Å². The quantitative estimate of drug-likeness (QED) is 0.835. The molecule has 7 nitrogen and oxygen atoms in total. The Morgan fingerprint density at radius 3 is 2.84 bits per heavy atom. The van der Waals surface area contributed by atoms with Gasteiger partial charge < -0.3 is 9.47 Å². The van der Waals surface area contributed by atoms with Crippen molar-refractivity contribution in [3.05, 3.63) is 29.6 Å². The molecular weight excluding hydrogens is 316 g/mol. The van der Waals surface area contributed by atoms with Gasteiger partial charge in [0.15, 0.2) is 0 Å². The van der Waals surface area contributed by atoms with E-state index in [-0.39, 0.29) is 11.8 Å². The second kappa shape index (κ2) is 7.37. The van der Waals surface area contributed by atoms with Crippen LogP contribution in [0.3, 0.4) is 0 Å². The summed E-state index contributed by atoms with van der Waals surface area (Å²) in [5, 5.41) is 12.8. The maximum absolute atomic E-state index is 12.7. The normalized spacial score (nSPS) is 18.1. The summed E-state index contributed by atoms with van der Waals surface area (Å²) in [7, 11) is 0. The molecule has 136 valence electrons. The zero-order valence-electron chi connectivity index (χ0n) is 15.6. The summed E-state index contributed by atoms with van der Waals surface area (Å²) < 4.78 is 4.04. The topological polar surface area (TPSA) is 68.8 Å². The zero-order valence-corrected chi connectivity index (χ0v) is 15.6. The third-order valence-electron chi connectivity index (χ3n) is 4.94. The Bertz CT molecular complexity index is 732. The van der Waals surface area contributed by atoms with E-state index in [1.807, 2.05) is 29.5 Å². The second-order valence-electron chi connectivity index (χ2n) is 7.27. The highest BCUT2D eigenvalue weighted by molar-refractivity contribution is 5.76. The molecule has 1 aliphatic rings. The summed E-state index contributed by atoms with van der Waals surface area (Å²) in [6.45, 7) is 10.5. The Balaban J connectivity index is 1.61. The van der Waals surface area contributed by atoms with Crippen molar-refractivity contribution in [3.8, 4) is 0 Å². The maximum atomic E-state index is 12.7. The Kier molecular flexibility index (Phi) is 5.20. The number of piperidine rings is 1. The first-order valence-electron chi connectivity index (χ1n) is 9.14. The van der Waals surface area contributed by atoms with Crippen molar-refractivity contribution in [1.29, 1.82) is 0 Å². The molecule has 0 aromatic carbocycles. The molecule has 0 bridgehead atoms. The lowest BCUT2D eigenvalue weighted by Crippen LogP contribution is -2.40. The molecule has 1 amide bonds. The van der Waals surface area contributed by atoms with E-state index in [4.69, 9.17) is 0 Å². The SMILES string of the molecule is Cc1cc(C)n(CCC(=O)N2CCC[C@H](c3nncn3C(C)C)C2)n1. The summed E-state index contributed by atoms with van der Waals surface area (Å²) >= 11 is 0. The molecule has 25 heavy (non-hydrogen) atoms. The zero-order chi connectivity index (χ0) is 18.0. The van der Waals surface area contributed by atoms with Gasteiger partial charge in [0.05, 0.1) is 5.69 Å². The number of carbonyl (C=O) groups is 1. The van der Waals surface area contributed by atoms with Gasteiger partial charge in [0.25, 0.3) is 0 Å². The van der Waals surface area contributed by atoms with Gasteiger partial charge in [-0.2, -0.15) is 5.10 Å². The highest BCUT2D eigenvalue weighted by Gasteiger charge is 2.28. The molecule has 1 atom stereocenters. The lowest BCUT2D eigenvalue weighted by atomic mass is 9.96. The highest BCUT2D eigenvalue weighted by atomic mass is 16.2. The summed E-state index contributed by atoms with van der Waals surface area (Å²) in [6, 6.07) is 2.38. The van der Waals surface area contributed by atoms with E-state index in [9.17, 15) is 4.79 Å². The average molecular weight is 344 g/mol. The first kappa shape index (κ1) is 17.6. The molecule has 3 heterocycles. The average Bonchev–Trinajstić information content (AvgIpc) is 3.19. The molecule has 1 fully saturated rings. The summed E-state index contributed by atoms with van der Waals surface area (Å²) in [6.07, 6.45) is 4.36. The number of carbonyl (C=O) groups excluding carboxylic acids is 1. The molecule has 3 rings (SSSR count). The van der Waals surface area contributed by atoms with Crippen LogP contribution in [0.4, 0.5) is 0 Å². The van der Waals surface area contributed by atoms with Gasteiger partial charge in [-0.25, -0.2) is 0 Å². The summed E-state index contributed by atoms with van der Waals surface area (Å²) in [5.41, 5.74) is 2.10. The Hall–Kier alpha value is -2.18. The lowest BCUT2D eigenvalue weighted by Gasteiger charge is -2.33. The number of rotatable bonds is 5. The molecule has 0 radical (unpaired) electrons. The van der Waals surface area contributed by atoms with Crippen LogP contribution < -0.4 is 0 Å². The van der Waals surface area contributed by atoms with Gasteiger partial charge in [-0.1, -0.05) is 0 Å². The van der Waals surface area contributed by atoms with Crippen molar-refractivity contribution in [2.45, 2.75) is 65.5 Å². The van der Waals surface area contributed by atoms with Crippen LogP contribution in [0.1, 0.15) is 62.3 Å². The standard InChI is InChI=1S/C18H28N6O/c1-13(2)23-12-19-20-18(23)16-6-5-8-22(11-16)17(25)7-9-24-15(4)10-14(3)21-24/h10,12-13,16H,5-9,11H2,1-4H3/t16-/m0/s1. The minimum absolute atomic E-state index is 0.202. The highest BCUT2D eigenvalue weighted by Crippen LogP contribution is 2.27. The number of aryl methyl sites for hydroxylation is 3. The predicted molar refractivity (Wildman–Crippen MR) is 95.3 cm³/mol. The van der Waals surface area contributed by atoms with Crippen LogP contribution in [0.5, 0.6) is 0 Å². The molecule has 0 spiro atoms. The van der Waals surface area contributed by atoms with Gasteiger partial charge >= 0.3 is 0 Å². The summed E-state index contributed by atoms with van der Waals surface area (Å²) in [5.74, 6) is 1.48. The third kappa shape index (κ3) is 3.91. The predicted octanol–water partition coefficient (Wildman–Crippen LogP) is 2.47. The van der Waals surface area contributed by atoms with Crippen LogP contribution in [0.25, 0.3) is 0 Å². The molecule has 1 aliphatic heterocycles. The van der Waals surface area contributed by atoms with E-state index >= 15 is 0 Å². The van der Waals surface area contributed by atoms with E-state index in [0.717, 1.165) is 43.1 Å². The van der Waals surface area contributed by atoms with Crippen molar-refractivity contribution in [2.24, 2.45) is 0 Å². The van der Waals surface area contributed by atoms with Gasteiger partial charge in [-0.05, 0) is 46.6 Å². The van der Waals surface area contributed by atoms with Crippen molar-refractivity contribution in [3.63, 3.8) is 0 Å². The van der Waals surface area contributed by atoms with Gasteiger partial charge in [-0.15, -0.1) is 10.2 Å². The Labute approximate surface area is 149 Å². The van der Waals surface area contributed by atoms with E-state index in [1.165, 1.54) is 0 Å². The minimum Gasteiger partial charge on any atom is -0.342 e. The molecular formula is C18H28N6O. The van der Waals surface area contributed by atoms with Crippen LogP contribution in [-0.2, 0) is 11.3 Å². The molecule has 0 unspecified atom stereocenters. The minimum atomic E-state index is 0.202. The number of hydrogen-bond donors (Lipinski definition) is 0. The van der Waals surface area contributed by atoms with E-state index < -0.39 is 0 Å². The van der Waals surface area contributed by atoms with Gasteiger partial charge in [0, 0.05) is 43.7 Å². The van der Waals surface area contributed by atoms with Gasteiger partial charge in [0.2, 0.25) is 5.91 Å². The molecule has 0 N–H and O–H groups in total. The fourth-order valence-electron chi connectivity index (χ4n) is 3.62. The largest absolute Gasteiger partial charge is 0.342 e. The molecule has 0 aliphatic carbocycles. The van der Waals surface area contributed by atoms with Crippen LogP contribution in [0, 0.1) is 13.8 Å². The fourth-order valence-corrected chi connectivity index (χ4v) is 3.62. The number of likely N-dealkylation sites (tertiary alicyclic amines) is 1. The molecule has 1 saturated heterocycles. The van der Waals surface area contributed by atoms with E-state index in [1.54, 1.807) is 6.33 Å². The summed E-state index contributed by atoms with van der Waals surface area (Å²) in [4.78, 5) is 14.7. The van der Waals surface area contributed by atoms with Crippen LogP contribution in [-0.4, -0.2) is 48.4 Å². The van der Waals surface area contributed by atoms with Crippen molar-refractivity contribution >= 4 is 5.91 Å². The number of amides is 1. The second-order valence-corrected chi connectivity index (χ2v) is 7.27. The maximum Gasteiger partial charge on any atom is 0.224 e. The smallest absolute Gasteiger partial charge is 0.224 e. The first-order valence-corrected chi connectivity index (χ1v) is 9.14. The number of hydrogen-bond acceptors (Lipinski definition) is 4.